The van der Waals surface area contributed by atoms with E-state index in [1.54, 1.807) is 20.8 Å². The summed E-state index contributed by atoms with van der Waals surface area (Å²) < 4.78 is 5.12. The minimum absolute atomic E-state index is 0.0662. The van der Waals surface area contributed by atoms with Gasteiger partial charge in [0, 0.05) is 27.3 Å². The molecule has 0 spiro atoms. The number of nitrogens with zero attached hydrogens (tertiary/aromatic N) is 1. The molecule has 2 aromatic rings. The Bertz CT molecular complexity index is 869. The molecule has 142 valence electrons. The van der Waals surface area contributed by atoms with Crippen molar-refractivity contribution in [3.63, 3.8) is 0 Å². The number of rotatable bonds is 6. The smallest absolute Gasteiger partial charge is 0.339 e. The van der Waals surface area contributed by atoms with Crippen molar-refractivity contribution >= 4 is 29.2 Å². The van der Waals surface area contributed by atoms with Gasteiger partial charge in [0.1, 0.15) is 0 Å². The molecule has 2 rings (SSSR count). The van der Waals surface area contributed by atoms with Crippen LogP contribution in [0.25, 0.3) is 0 Å². The Hall–Kier alpha value is -2.67. The first-order chi connectivity index (χ1) is 12.6. The van der Waals surface area contributed by atoms with Gasteiger partial charge in [-0.1, -0.05) is 50.2 Å². The number of aryl methyl sites for hydroxylation is 1. The van der Waals surface area contributed by atoms with Gasteiger partial charge in [-0.25, -0.2) is 4.79 Å². The van der Waals surface area contributed by atoms with Crippen LogP contribution in [0.1, 0.15) is 36.7 Å². The van der Waals surface area contributed by atoms with Gasteiger partial charge in [0.25, 0.3) is 5.69 Å². The van der Waals surface area contributed by atoms with E-state index in [0.29, 0.717) is 4.90 Å². The van der Waals surface area contributed by atoms with E-state index >= 15 is 0 Å². The molecule has 0 aliphatic rings. The summed E-state index contributed by atoms with van der Waals surface area (Å²) in [5.41, 5.74) is 0.319. The summed E-state index contributed by atoms with van der Waals surface area (Å²) in [6.45, 7) is 6.79. The van der Waals surface area contributed by atoms with Gasteiger partial charge in [-0.3, -0.25) is 14.9 Å². The van der Waals surface area contributed by atoms with Crippen LogP contribution in [0.4, 0.5) is 5.69 Å². The molecule has 0 saturated heterocycles. The van der Waals surface area contributed by atoms with Gasteiger partial charge in [0.2, 0.25) is 0 Å². The zero-order valence-electron chi connectivity index (χ0n) is 15.6. The molecule has 0 aliphatic heterocycles. The van der Waals surface area contributed by atoms with E-state index in [9.17, 15) is 19.7 Å². The van der Waals surface area contributed by atoms with E-state index in [1.165, 1.54) is 30.0 Å². The van der Waals surface area contributed by atoms with Gasteiger partial charge in [-0.15, -0.1) is 0 Å². The Labute approximate surface area is 162 Å². The number of carbonyl (C=O) groups is 2. The number of non-ortho nitro benzene ring substituents is 1. The molecule has 0 aliphatic carbocycles. The highest BCUT2D eigenvalue weighted by Crippen LogP contribution is 2.33. The van der Waals surface area contributed by atoms with E-state index in [0.717, 1.165) is 10.5 Å². The molecule has 0 radical (unpaired) electrons. The Kier molecular flexibility index (Phi) is 6.38. The van der Waals surface area contributed by atoms with Crippen LogP contribution in [-0.2, 0) is 9.53 Å². The third kappa shape index (κ3) is 5.65. The number of hydrogen-bond donors (Lipinski definition) is 0. The first-order valence-corrected chi connectivity index (χ1v) is 9.13. The summed E-state index contributed by atoms with van der Waals surface area (Å²) in [7, 11) is 0. The van der Waals surface area contributed by atoms with Crippen LogP contribution in [0, 0.1) is 22.5 Å². The van der Waals surface area contributed by atoms with E-state index < -0.39 is 16.3 Å². The lowest BCUT2D eigenvalue weighted by Crippen LogP contribution is -2.26. The predicted octanol–water partition coefficient (Wildman–Crippen LogP) is 4.83. The minimum atomic E-state index is -0.758. The average molecular weight is 387 g/mol. The molecule has 0 heterocycles. The lowest BCUT2D eigenvalue weighted by molar-refractivity contribution is -0.384. The van der Waals surface area contributed by atoms with E-state index in [-0.39, 0.29) is 23.6 Å². The number of esters is 1. The number of hydrogen-bond acceptors (Lipinski definition) is 6. The van der Waals surface area contributed by atoms with Crippen molar-refractivity contribution in [1.82, 2.24) is 0 Å². The van der Waals surface area contributed by atoms with Crippen molar-refractivity contribution in [1.29, 1.82) is 0 Å². The number of Topliss-reactive ketones (excluding diaryl/α,β-unsaturated/α-hetero) is 1. The lowest BCUT2D eigenvalue weighted by atomic mass is 9.91. The summed E-state index contributed by atoms with van der Waals surface area (Å²) >= 11 is 1.30. The van der Waals surface area contributed by atoms with Crippen LogP contribution in [0.15, 0.2) is 52.3 Å². The van der Waals surface area contributed by atoms with Crippen molar-refractivity contribution in [3.8, 4) is 0 Å². The average Bonchev–Trinajstić information content (AvgIpc) is 2.60. The number of benzene rings is 2. The maximum atomic E-state index is 12.5. The molecule has 0 N–H and O–H groups in total. The molecular weight excluding hydrogens is 366 g/mol. The second-order valence-electron chi connectivity index (χ2n) is 7.10. The predicted molar refractivity (Wildman–Crippen MR) is 103 cm³/mol. The zero-order chi connectivity index (χ0) is 20.2. The summed E-state index contributed by atoms with van der Waals surface area (Å²) in [6.07, 6.45) is 0. The summed E-state index contributed by atoms with van der Waals surface area (Å²) in [4.78, 5) is 36.4. The number of carbonyl (C=O) groups excluding carboxylic acids is 2. The second-order valence-corrected chi connectivity index (χ2v) is 8.22. The molecule has 0 fully saturated rings. The fraction of sp³-hybridized carbons (Fsp3) is 0.300. The first kappa shape index (κ1) is 20.6. The zero-order valence-corrected chi connectivity index (χ0v) is 16.5. The van der Waals surface area contributed by atoms with Gasteiger partial charge in [-0.05, 0) is 25.1 Å². The molecule has 0 unspecified atom stereocenters. The van der Waals surface area contributed by atoms with Crippen LogP contribution < -0.4 is 0 Å². The topological polar surface area (TPSA) is 86.5 Å². The van der Waals surface area contributed by atoms with E-state index in [4.69, 9.17) is 4.74 Å². The van der Waals surface area contributed by atoms with Gasteiger partial charge < -0.3 is 4.74 Å². The standard InChI is InChI=1S/C20H21NO5S/c1-13-5-8-15(9-6-13)27-17-10-7-14(21(24)25)11-16(17)19(23)26-12-18(22)20(2,3)4/h5-11H,12H2,1-4H3. The van der Waals surface area contributed by atoms with Crippen molar-refractivity contribution in [2.45, 2.75) is 37.5 Å². The minimum Gasteiger partial charge on any atom is -0.454 e. The molecule has 6 nitrogen and oxygen atoms in total. The molecule has 2 aromatic carbocycles. The molecule has 0 saturated carbocycles. The quantitative estimate of drug-likeness (QED) is 0.401. The lowest BCUT2D eigenvalue weighted by Gasteiger charge is -2.16. The monoisotopic (exact) mass is 387 g/mol. The number of nitro groups is 1. The highest BCUT2D eigenvalue weighted by atomic mass is 32.2. The molecule has 0 atom stereocenters. The van der Waals surface area contributed by atoms with E-state index in [2.05, 4.69) is 0 Å². The molecule has 0 bridgehead atoms. The van der Waals surface area contributed by atoms with Crippen molar-refractivity contribution < 1.29 is 19.2 Å². The van der Waals surface area contributed by atoms with Gasteiger partial charge in [0.15, 0.2) is 12.4 Å². The normalized spacial score (nSPS) is 11.1. The van der Waals surface area contributed by atoms with Crippen LogP contribution in [0.3, 0.4) is 0 Å². The number of nitro benzene ring substituents is 1. The summed E-state index contributed by atoms with van der Waals surface area (Å²) in [5, 5.41) is 11.1. The van der Waals surface area contributed by atoms with Crippen LogP contribution in [0.2, 0.25) is 0 Å². The van der Waals surface area contributed by atoms with Gasteiger partial charge in [-0.2, -0.15) is 0 Å². The molecule has 0 amide bonds. The van der Waals surface area contributed by atoms with Crippen LogP contribution in [-0.4, -0.2) is 23.3 Å². The summed E-state index contributed by atoms with van der Waals surface area (Å²) in [5.74, 6) is -0.986. The van der Waals surface area contributed by atoms with Crippen LogP contribution in [0.5, 0.6) is 0 Å². The SMILES string of the molecule is Cc1ccc(Sc2ccc([N+](=O)[O-])cc2C(=O)OCC(=O)C(C)(C)C)cc1. The Morgan fingerprint density at radius 3 is 2.30 bits per heavy atom. The third-order valence-corrected chi connectivity index (χ3v) is 4.90. The molecule has 7 heteroatoms. The maximum Gasteiger partial charge on any atom is 0.339 e. The van der Waals surface area contributed by atoms with Gasteiger partial charge >= 0.3 is 5.97 Å². The maximum absolute atomic E-state index is 12.5. The molecule has 27 heavy (non-hydrogen) atoms. The Morgan fingerprint density at radius 2 is 1.74 bits per heavy atom. The molecule has 0 aromatic heterocycles. The van der Waals surface area contributed by atoms with E-state index in [1.807, 2.05) is 31.2 Å². The fourth-order valence-corrected chi connectivity index (χ4v) is 2.95. The second kappa shape index (κ2) is 8.35. The first-order valence-electron chi connectivity index (χ1n) is 8.31. The highest BCUT2D eigenvalue weighted by molar-refractivity contribution is 7.99. The molecular formula is C20H21NO5S. The Balaban J connectivity index is 2.29. The van der Waals surface area contributed by atoms with Crippen molar-refractivity contribution in [2.75, 3.05) is 6.61 Å². The number of ketones is 1. The van der Waals surface area contributed by atoms with Gasteiger partial charge in [0.05, 0.1) is 10.5 Å². The highest BCUT2D eigenvalue weighted by Gasteiger charge is 2.24. The van der Waals surface area contributed by atoms with Crippen molar-refractivity contribution in [2.24, 2.45) is 5.41 Å². The third-order valence-electron chi connectivity index (χ3n) is 3.81. The van der Waals surface area contributed by atoms with Crippen molar-refractivity contribution in [3.05, 3.63) is 63.7 Å². The fourth-order valence-electron chi connectivity index (χ4n) is 2.04. The van der Waals surface area contributed by atoms with Crippen LogP contribution >= 0.6 is 11.8 Å². The Morgan fingerprint density at radius 1 is 1.11 bits per heavy atom. The largest absolute Gasteiger partial charge is 0.454 e. The summed E-state index contributed by atoms with van der Waals surface area (Å²) in [6, 6.07) is 11.7. The number of ether oxygens (including phenoxy) is 1.